The average Bonchev–Trinajstić information content (AvgIpc) is 3.03. The van der Waals surface area contributed by atoms with E-state index in [1.54, 1.807) is 20.1 Å². The SMILES string of the molecule is COc1ccc(CC(=O)Nc2cccc(/C(C)=N\NC(=O)c3cc(-c4ccc(OC(C)C)cc4)nc4ccccc34)c2)cc1. The molecule has 0 atom stereocenters. The molecule has 222 valence electrons. The van der Waals surface area contributed by atoms with Crippen molar-refractivity contribution in [1.82, 2.24) is 10.4 Å². The summed E-state index contributed by atoms with van der Waals surface area (Å²) in [6.07, 6.45) is 0.306. The highest BCUT2D eigenvalue weighted by molar-refractivity contribution is 6.08. The number of para-hydroxylation sites is 1. The van der Waals surface area contributed by atoms with E-state index in [0.717, 1.165) is 33.6 Å². The molecule has 0 saturated carbocycles. The molecule has 1 aromatic heterocycles. The van der Waals surface area contributed by atoms with E-state index in [2.05, 4.69) is 15.8 Å². The Balaban J connectivity index is 1.31. The van der Waals surface area contributed by atoms with E-state index in [1.165, 1.54) is 0 Å². The summed E-state index contributed by atoms with van der Waals surface area (Å²) in [4.78, 5) is 30.9. The normalized spacial score (nSPS) is 11.3. The Kier molecular flexibility index (Phi) is 9.30. The third-order valence-corrected chi connectivity index (χ3v) is 6.90. The number of aromatic nitrogens is 1. The summed E-state index contributed by atoms with van der Waals surface area (Å²) in [5.74, 6) is 1.02. The lowest BCUT2D eigenvalue weighted by Gasteiger charge is -2.12. The van der Waals surface area contributed by atoms with Crippen LogP contribution in [-0.2, 0) is 11.2 Å². The number of fused-ring (bicyclic) bond motifs is 1. The molecule has 5 aromatic rings. The summed E-state index contributed by atoms with van der Waals surface area (Å²) < 4.78 is 10.9. The van der Waals surface area contributed by atoms with Crippen molar-refractivity contribution in [3.05, 3.63) is 120 Å². The number of anilines is 1. The van der Waals surface area contributed by atoms with E-state index in [1.807, 2.05) is 111 Å². The fourth-order valence-corrected chi connectivity index (χ4v) is 4.70. The number of carbonyl (C=O) groups excluding carboxylic acids is 2. The molecule has 2 N–H and O–H groups in total. The van der Waals surface area contributed by atoms with Crippen molar-refractivity contribution in [2.75, 3.05) is 12.4 Å². The van der Waals surface area contributed by atoms with Crippen LogP contribution in [0.5, 0.6) is 11.5 Å². The van der Waals surface area contributed by atoms with Crippen LogP contribution in [0.4, 0.5) is 5.69 Å². The lowest BCUT2D eigenvalue weighted by Crippen LogP contribution is -2.20. The molecule has 8 nitrogen and oxygen atoms in total. The van der Waals surface area contributed by atoms with E-state index >= 15 is 0 Å². The summed E-state index contributed by atoms with van der Waals surface area (Å²) >= 11 is 0. The predicted octanol–water partition coefficient (Wildman–Crippen LogP) is 7.03. The molecule has 0 saturated heterocycles. The number of ether oxygens (including phenoxy) is 2. The molecular formula is C36H34N4O4. The van der Waals surface area contributed by atoms with Crippen molar-refractivity contribution in [3.63, 3.8) is 0 Å². The Morgan fingerprint density at radius 3 is 2.32 bits per heavy atom. The quantitative estimate of drug-likeness (QED) is 0.135. The number of amides is 2. The summed E-state index contributed by atoms with van der Waals surface area (Å²) in [5.41, 5.74) is 8.27. The second kappa shape index (κ2) is 13.6. The molecule has 0 spiro atoms. The van der Waals surface area contributed by atoms with Gasteiger partial charge in [-0.2, -0.15) is 5.10 Å². The second-order valence-electron chi connectivity index (χ2n) is 10.6. The Morgan fingerprint density at radius 2 is 1.59 bits per heavy atom. The van der Waals surface area contributed by atoms with Crippen LogP contribution >= 0.6 is 0 Å². The second-order valence-corrected chi connectivity index (χ2v) is 10.6. The van der Waals surface area contributed by atoms with Gasteiger partial charge in [0.1, 0.15) is 11.5 Å². The standard InChI is InChI=1S/C36H34N4O4/c1-23(2)44-30-18-14-26(15-19-30)34-22-32(31-10-5-6-11-33(31)38-34)36(42)40-39-24(3)27-8-7-9-28(21-27)37-35(41)20-25-12-16-29(43-4)17-13-25/h5-19,21-23H,20H2,1-4H3,(H,37,41)(H,40,42)/b39-24-. The molecular weight excluding hydrogens is 552 g/mol. The van der Waals surface area contributed by atoms with Crippen LogP contribution in [0.1, 0.15) is 42.3 Å². The first-order valence-corrected chi connectivity index (χ1v) is 14.3. The summed E-state index contributed by atoms with van der Waals surface area (Å²) in [6, 6.07) is 31.7. The van der Waals surface area contributed by atoms with Crippen molar-refractivity contribution in [2.45, 2.75) is 33.3 Å². The van der Waals surface area contributed by atoms with Crippen molar-refractivity contribution < 1.29 is 19.1 Å². The fourth-order valence-electron chi connectivity index (χ4n) is 4.70. The zero-order valence-corrected chi connectivity index (χ0v) is 25.1. The molecule has 2 amide bonds. The monoisotopic (exact) mass is 586 g/mol. The number of hydrogen-bond acceptors (Lipinski definition) is 6. The Labute approximate surface area is 256 Å². The summed E-state index contributed by atoms with van der Waals surface area (Å²) in [7, 11) is 1.60. The number of rotatable bonds is 10. The Morgan fingerprint density at radius 1 is 0.864 bits per heavy atom. The van der Waals surface area contributed by atoms with Crippen molar-refractivity contribution in [1.29, 1.82) is 0 Å². The van der Waals surface area contributed by atoms with Crippen molar-refractivity contribution in [3.8, 4) is 22.8 Å². The number of benzene rings is 4. The Bertz CT molecular complexity index is 1810. The highest BCUT2D eigenvalue weighted by Gasteiger charge is 2.15. The molecule has 0 aliphatic rings. The topological polar surface area (TPSA) is 102 Å². The molecule has 8 heteroatoms. The number of nitrogens with one attached hydrogen (secondary N) is 2. The van der Waals surface area contributed by atoms with Crippen LogP contribution in [0.3, 0.4) is 0 Å². The van der Waals surface area contributed by atoms with Gasteiger partial charge in [0.05, 0.1) is 42.1 Å². The summed E-state index contributed by atoms with van der Waals surface area (Å²) in [5, 5.41) is 8.04. The van der Waals surface area contributed by atoms with Crippen LogP contribution in [0, 0.1) is 0 Å². The minimum atomic E-state index is -0.354. The van der Waals surface area contributed by atoms with Crippen LogP contribution in [0.2, 0.25) is 0 Å². The zero-order chi connectivity index (χ0) is 31.1. The minimum Gasteiger partial charge on any atom is -0.497 e. The van der Waals surface area contributed by atoms with Gasteiger partial charge >= 0.3 is 0 Å². The molecule has 0 fully saturated rings. The lowest BCUT2D eigenvalue weighted by atomic mass is 10.0. The summed E-state index contributed by atoms with van der Waals surface area (Å²) in [6.45, 7) is 5.76. The molecule has 5 rings (SSSR count). The van der Waals surface area contributed by atoms with E-state index in [-0.39, 0.29) is 24.3 Å². The molecule has 0 bridgehead atoms. The molecule has 4 aromatic carbocycles. The first-order chi connectivity index (χ1) is 21.3. The highest BCUT2D eigenvalue weighted by atomic mass is 16.5. The van der Waals surface area contributed by atoms with Gasteiger partial charge in [-0.1, -0.05) is 42.5 Å². The highest BCUT2D eigenvalue weighted by Crippen LogP contribution is 2.27. The van der Waals surface area contributed by atoms with Crippen LogP contribution < -0.4 is 20.2 Å². The number of hydrogen-bond donors (Lipinski definition) is 2. The van der Waals surface area contributed by atoms with Gasteiger partial charge in [0.15, 0.2) is 0 Å². The lowest BCUT2D eigenvalue weighted by molar-refractivity contribution is -0.115. The molecule has 0 aliphatic heterocycles. The number of hydrazone groups is 1. The van der Waals surface area contributed by atoms with Gasteiger partial charge in [-0.05, 0) is 92.6 Å². The van der Waals surface area contributed by atoms with Gasteiger partial charge in [0.25, 0.3) is 5.91 Å². The van der Waals surface area contributed by atoms with Crippen LogP contribution in [0.25, 0.3) is 22.2 Å². The maximum absolute atomic E-state index is 13.4. The predicted molar refractivity (Wildman–Crippen MR) is 174 cm³/mol. The smallest absolute Gasteiger partial charge is 0.272 e. The number of methoxy groups -OCH3 is 1. The van der Waals surface area contributed by atoms with E-state index < -0.39 is 0 Å². The molecule has 44 heavy (non-hydrogen) atoms. The number of nitrogens with zero attached hydrogens (tertiary/aromatic N) is 2. The Hall–Kier alpha value is -5.50. The fraction of sp³-hybridized carbons (Fsp3) is 0.167. The van der Waals surface area contributed by atoms with Gasteiger partial charge in [-0.25, -0.2) is 10.4 Å². The third kappa shape index (κ3) is 7.46. The molecule has 0 radical (unpaired) electrons. The van der Waals surface area contributed by atoms with Gasteiger partial charge in [0, 0.05) is 16.6 Å². The van der Waals surface area contributed by atoms with E-state index in [4.69, 9.17) is 14.5 Å². The molecule has 1 heterocycles. The largest absolute Gasteiger partial charge is 0.497 e. The first kappa shape index (κ1) is 30.0. The molecule has 0 unspecified atom stereocenters. The minimum absolute atomic E-state index is 0.0743. The van der Waals surface area contributed by atoms with Gasteiger partial charge < -0.3 is 14.8 Å². The van der Waals surface area contributed by atoms with Crippen molar-refractivity contribution in [2.24, 2.45) is 5.10 Å². The molecule has 0 aliphatic carbocycles. The zero-order valence-electron chi connectivity index (χ0n) is 25.1. The van der Waals surface area contributed by atoms with Crippen LogP contribution in [0.15, 0.2) is 108 Å². The maximum atomic E-state index is 13.4. The third-order valence-electron chi connectivity index (χ3n) is 6.90. The van der Waals surface area contributed by atoms with E-state index in [0.29, 0.717) is 28.2 Å². The first-order valence-electron chi connectivity index (χ1n) is 14.3. The van der Waals surface area contributed by atoms with Gasteiger partial charge in [0.2, 0.25) is 5.91 Å². The van der Waals surface area contributed by atoms with Crippen LogP contribution in [-0.4, -0.2) is 35.7 Å². The van der Waals surface area contributed by atoms with Gasteiger partial charge in [-0.3, -0.25) is 9.59 Å². The van der Waals surface area contributed by atoms with Gasteiger partial charge in [-0.15, -0.1) is 0 Å². The van der Waals surface area contributed by atoms with E-state index in [9.17, 15) is 9.59 Å². The maximum Gasteiger partial charge on any atom is 0.272 e. The number of carbonyl (C=O) groups is 2. The van der Waals surface area contributed by atoms with Crippen molar-refractivity contribution >= 4 is 34.1 Å². The number of pyridine rings is 1. The average molecular weight is 587 g/mol.